The van der Waals surface area contributed by atoms with Crippen LogP contribution in [0.2, 0.25) is 5.02 Å². The summed E-state index contributed by atoms with van der Waals surface area (Å²) < 4.78 is 4.59. The number of hydrogen-bond acceptors (Lipinski definition) is 5. The Kier molecular flexibility index (Phi) is 4.44. The van der Waals surface area contributed by atoms with Gasteiger partial charge in [0.25, 0.3) is 5.69 Å². The number of nitrogens with one attached hydrogen (secondary N) is 2. The first-order chi connectivity index (χ1) is 10.0. The van der Waals surface area contributed by atoms with Gasteiger partial charge in [0.15, 0.2) is 0 Å². The summed E-state index contributed by atoms with van der Waals surface area (Å²) in [4.78, 5) is 24.3. The van der Waals surface area contributed by atoms with Crippen molar-refractivity contribution in [3.63, 3.8) is 0 Å². The molecular formula is C13H12ClN3O4. The van der Waals surface area contributed by atoms with Gasteiger partial charge >= 0.3 is 5.97 Å². The number of H-pyrrole nitrogens is 1. The van der Waals surface area contributed by atoms with E-state index in [1.165, 1.54) is 19.2 Å². The van der Waals surface area contributed by atoms with Crippen LogP contribution in [0.3, 0.4) is 0 Å². The van der Waals surface area contributed by atoms with Crippen molar-refractivity contribution in [2.45, 2.75) is 6.54 Å². The van der Waals surface area contributed by atoms with Crippen LogP contribution in [0, 0.1) is 10.1 Å². The molecule has 1 aromatic carbocycles. The molecule has 0 fully saturated rings. The normalized spacial score (nSPS) is 10.2. The quantitative estimate of drug-likeness (QED) is 0.502. The van der Waals surface area contributed by atoms with Crippen LogP contribution >= 0.6 is 11.6 Å². The zero-order chi connectivity index (χ0) is 15.4. The second-order valence-corrected chi connectivity index (χ2v) is 4.57. The summed E-state index contributed by atoms with van der Waals surface area (Å²) in [6.07, 6.45) is 0. The van der Waals surface area contributed by atoms with Gasteiger partial charge in [-0.1, -0.05) is 11.6 Å². The van der Waals surface area contributed by atoms with Crippen LogP contribution in [-0.2, 0) is 11.3 Å². The number of methoxy groups -OCH3 is 1. The fourth-order valence-electron chi connectivity index (χ4n) is 1.73. The molecule has 0 bridgehead atoms. The SMILES string of the molecule is COC(=O)c1ccc(CNc2ccc([N+](=O)[O-])c(Cl)c2)[nH]1. The van der Waals surface area contributed by atoms with Crippen molar-refractivity contribution in [3.05, 3.63) is 56.9 Å². The van der Waals surface area contributed by atoms with E-state index >= 15 is 0 Å². The molecule has 0 aliphatic carbocycles. The maximum absolute atomic E-state index is 11.3. The van der Waals surface area contributed by atoms with Gasteiger partial charge in [0.05, 0.1) is 18.6 Å². The summed E-state index contributed by atoms with van der Waals surface area (Å²) in [5, 5.41) is 13.8. The van der Waals surface area contributed by atoms with Gasteiger partial charge in [-0.15, -0.1) is 0 Å². The number of nitrogens with zero attached hydrogens (tertiary/aromatic N) is 1. The van der Waals surface area contributed by atoms with Crippen LogP contribution in [0.15, 0.2) is 30.3 Å². The van der Waals surface area contributed by atoms with Crippen LogP contribution in [-0.4, -0.2) is 23.0 Å². The third kappa shape index (κ3) is 3.51. The van der Waals surface area contributed by atoms with Crippen molar-refractivity contribution in [3.8, 4) is 0 Å². The predicted molar refractivity (Wildman–Crippen MR) is 77.6 cm³/mol. The molecule has 0 spiro atoms. The molecule has 2 N–H and O–H groups in total. The smallest absolute Gasteiger partial charge is 0.354 e. The van der Waals surface area contributed by atoms with Gasteiger partial charge < -0.3 is 15.0 Å². The summed E-state index contributed by atoms with van der Waals surface area (Å²) in [5.74, 6) is -0.445. The molecule has 1 aromatic heterocycles. The lowest BCUT2D eigenvalue weighted by Gasteiger charge is -2.05. The molecule has 2 rings (SSSR count). The van der Waals surface area contributed by atoms with Gasteiger partial charge in [-0.3, -0.25) is 10.1 Å². The lowest BCUT2D eigenvalue weighted by atomic mass is 10.2. The Balaban J connectivity index is 2.03. The lowest BCUT2D eigenvalue weighted by molar-refractivity contribution is -0.384. The number of rotatable bonds is 5. The maximum atomic E-state index is 11.3. The van der Waals surface area contributed by atoms with Gasteiger partial charge in [-0.2, -0.15) is 0 Å². The Morgan fingerprint density at radius 3 is 2.81 bits per heavy atom. The van der Waals surface area contributed by atoms with Gasteiger partial charge in [0.1, 0.15) is 10.7 Å². The molecule has 2 aromatic rings. The second-order valence-electron chi connectivity index (χ2n) is 4.17. The molecule has 7 nitrogen and oxygen atoms in total. The second kappa shape index (κ2) is 6.27. The summed E-state index contributed by atoms with van der Waals surface area (Å²) in [5.41, 5.74) is 1.62. The number of nitro groups is 1. The number of ether oxygens (including phenoxy) is 1. The average molecular weight is 310 g/mol. The van der Waals surface area contributed by atoms with E-state index in [9.17, 15) is 14.9 Å². The van der Waals surface area contributed by atoms with Gasteiger partial charge in [-0.05, 0) is 24.3 Å². The Labute approximate surface area is 125 Å². The van der Waals surface area contributed by atoms with E-state index in [0.29, 0.717) is 17.9 Å². The molecular weight excluding hydrogens is 298 g/mol. The van der Waals surface area contributed by atoms with E-state index in [-0.39, 0.29) is 10.7 Å². The van der Waals surface area contributed by atoms with Crippen molar-refractivity contribution >= 4 is 28.9 Å². The number of esters is 1. The first-order valence-electron chi connectivity index (χ1n) is 5.95. The minimum Gasteiger partial charge on any atom is -0.464 e. The first kappa shape index (κ1) is 14.9. The number of carbonyl (C=O) groups is 1. The number of anilines is 1. The van der Waals surface area contributed by atoms with Crippen LogP contribution in [0.4, 0.5) is 11.4 Å². The van der Waals surface area contributed by atoms with Crippen molar-refractivity contribution in [1.29, 1.82) is 0 Å². The molecule has 0 aliphatic rings. The molecule has 1 heterocycles. The Bertz CT molecular complexity index is 684. The van der Waals surface area contributed by atoms with E-state index in [4.69, 9.17) is 11.6 Å². The monoisotopic (exact) mass is 309 g/mol. The average Bonchev–Trinajstić information content (AvgIpc) is 2.92. The third-order valence-corrected chi connectivity index (χ3v) is 3.08. The Hall–Kier alpha value is -2.54. The highest BCUT2D eigenvalue weighted by Gasteiger charge is 2.12. The Morgan fingerprint density at radius 1 is 1.43 bits per heavy atom. The predicted octanol–water partition coefficient (Wildman–Crippen LogP) is 2.98. The highest BCUT2D eigenvalue weighted by molar-refractivity contribution is 6.32. The fraction of sp³-hybridized carbons (Fsp3) is 0.154. The number of halogens is 1. The fourth-order valence-corrected chi connectivity index (χ4v) is 1.98. The lowest BCUT2D eigenvalue weighted by Crippen LogP contribution is -2.03. The number of benzene rings is 1. The number of aromatic nitrogens is 1. The van der Waals surface area contributed by atoms with Crippen molar-refractivity contribution in [2.75, 3.05) is 12.4 Å². The topological polar surface area (TPSA) is 97.3 Å². The van der Waals surface area contributed by atoms with E-state index in [2.05, 4.69) is 15.0 Å². The minimum absolute atomic E-state index is 0.0618. The molecule has 0 radical (unpaired) electrons. The molecule has 0 unspecified atom stereocenters. The van der Waals surface area contributed by atoms with E-state index < -0.39 is 10.9 Å². The molecule has 110 valence electrons. The van der Waals surface area contributed by atoms with Gasteiger partial charge in [0.2, 0.25) is 0 Å². The number of hydrogen-bond donors (Lipinski definition) is 2. The standard InChI is InChI=1S/C13H12ClN3O4/c1-21-13(18)11-4-2-9(16-11)7-15-8-3-5-12(17(19)20)10(14)6-8/h2-6,15-16H,7H2,1H3. The molecule has 21 heavy (non-hydrogen) atoms. The number of aromatic amines is 1. The van der Waals surface area contributed by atoms with Gasteiger partial charge in [-0.25, -0.2) is 4.79 Å². The summed E-state index contributed by atoms with van der Waals surface area (Å²) in [6, 6.07) is 7.73. The summed E-state index contributed by atoms with van der Waals surface area (Å²) >= 11 is 5.82. The highest BCUT2D eigenvalue weighted by Crippen LogP contribution is 2.27. The van der Waals surface area contributed by atoms with E-state index in [1.54, 1.807) is 18.2 Å². The maximum Gasteiger partial charge on any atom is 0.354 e. The van der Waals surface area contributed by atoms with Crippen LogP contribution in [0.1, 0.15) is 16.2 Å². The summed E-state index contributed by atoms with van der Waals surface area (Å²) in [7, 11) is 1.31. The van der Waals surface area contributed by atoms with Gasteiger partial charge in [0, 0.05) is 17.4 Å². The zero-order valence-electron chi connectivity index (χ0n) is 11.1. The molecule has 0 atom stereocenters. The molecule has 0 saturated heterocycles. The van der Waals surface area contributed by atoms with Crippen molar-refractivity contribution in [2.24, 2.45) is 0 Å². The highest BCUT2D eigenvalue weighted by atomic mass is 35.5. The Morgan fingerprint density at radius 2 is 2.19 bits per heavy atom. The molecule has 8 heteroatoms. The largest absolute Gasteiger partial charge is 0.464 e. The van der Waals surface area contributed by atoms with Crippen LogP contribution in [0.25, 0.3) is 0 Å². The third-order valence-electron chi connectivity index (χ3n) is 2.78. The van der Waals surface area contributed by atoms with Crippen LogP contribution < -0.4 is 5.32 Å². The van der Waals surface area contributed by atoms with Crippen LogP contribution in [0.5, 0.6) is 0 Å². The van der Waals surface area contributed by atoms with E-state index in [0.717, 1.165) is 5.69 Å². The van der Waals surface area contributed by atoms with Crippen molar-refractivity contribution in [1.82, 2.24) is 4.98 Å². The molecule has 0 saturated carbocycles. The van der Waals surface area contributed by atoms with E-state index in [1.807, 2.05) is 0 Å². The molecule has 0 amide bonds. The molecule has 0 aliphatic heterocycles. The zero-order valence-corrected chi connectivity index (χ0v) is 11.8. The number of nitro benzene ring substituents is 1. The summed E-state index contributed by atoms with van der Waals surface area (Å²) in [6.45, 7) is 0.408. The van der Waals surface area contributed by atoms with Crippen molar-refractivity contribution < 1.29 is 14.5 Å². The number of carbonyl (C=O) groups excluding carboxylic acids is 1. The minimum atomic E-state index is -0.542. The first-order valence-corrected chi connectivity index (χ1v) is 6.33.